The lowest BCUT2D eigenvalue weighted by Gasteiger charge is -2.05. The minimum absolute atomic E-state index is 0.138. The van der Waals surface area contributed by atoms with Gasteiger partial charge in [-0.15, -0.1) is 11.3 Å². The highest BCUT2D eigenvalue weighted by Crippen LogP contribution is 2.28. The van der Waals surface area contributed by atoms with E-state index in [4.69, 9.17) is 5.11 Å². The van der Waals surface area contributed by atoms with Gasteiger partial charge in [0.1, 0.15) is 4.88 Å². The van der Waals surface area contributed by atoms with Crippen molar-refractivity contribution in [3.05, 3.63) is 59.2 Å². The van der Waals surface area contributed by atoms with E-state index in [9.17, 15) is 9.59 Å². The molecule has 5 nitrogen and oxygen atoms in total. The van der Waals surface area contributed by atoms with Crippen molar-refractivity contribution in [3.63, 3.8) is 0 Å². The Hall–Kier alpha value is -2.73. The first-order valence-electron chi connectivity index (χ1n) is 6.57. The average Bonchev–Trinajstić information content (AvgIpc) is 2.91. The van der Waals surface area contributed by atoms with E-state index in [1.807, 2.05) is 12.1 Å². The van der Waals surface area contributed by atoms with Crippen molar-refractivity contribution >= 4 is 39.0 Å². The molecular weight excluding hydrogens is 300 g/mol. The zero-order valence-corrected chi connectivity index (χ0v) is 12.3. The highest BCUT2D eigenvalue weighted by molar-refractivity contribution is 7.20. The van der Waals surface area contributed by atoms with Gasteiger partial charge >= 0.3 is 5.97 Å². The molecule has 1 aromatic carbocycles. The van der Waals surface area contributed by atoms with Crippen LogP contribution in [-0.4, -0.2) is 22.0 Å². The van der Waals surface area contributed by atoms with Gasteiger partial charge in [-0.25, -0.2) is 4.79 Å². The third-order valence-electron chi connectivity index (χ3n) is 3.10. The maximum Gasteiger partial charge on any atom is 0.345 e. The van der Waals surface area contributed by atoms with Crippen molar-refractivity contribution in [3.8, 4) is 0 Å². The first-order chi connectivity index (χ1) is 10.6. The second-order valence-corrected chi connectivity index (χ2v) is 5.84. The molecule has 2 aromatic heterocycles. The number of aromatic nitrogens is 1. The van der Waals surface area contributed by atoms with E-state index in [-0.39, 0.29) is 17.2 Å². The van der Waals surface area contributed by atoms with Crippen LogP contribution >= 0.6 is 11.3 Å². The normalized spacial score (nSPS) is 10.5. The number of carboxylic acid groups (broad SMARTS) is 1. The molecule has 0 aliphatic heterocycles. The number of aromatic carboxylic acids is 1. The lowest BCUT2D eigenvalue weighted by atomic mass is 10.2. The molecule has 22 heavy (non-hydrogen) atoms. The third-order valence-corrected chi connectivity index (χ3v) is 4.20. The highest BCUT2D eigenvalue weighted by atomic mass is 32.1. The number of anilines is 1. The number of benzene rings is 1. The number of fused-ring (bicyclic) bond motifs is 1. The Kier molecular flexibility index (Phi) is 3.84. The molecule has 0 saturated carbocycles. The summed E-state index contributed by atoms with van der Waals surface area (Å²) in [6, 6.07) is 10.6. The van der Waals surface area contributed by atoms with Crippen LogP contribution in [0.5, 0.6) is 0 Å². The molecule has 2 N–H and O–H groups in total. The van der Waals surface area contributed by atoms with Gasteiger partial charge in [0.2, 0.25) is 5.91 Å². The molecule has 0 unspecified atom stereocenters. The van der Waals surface area contributed by atoms with E-state index in [0.717, 1.165) is 15.6 Å². The topological polar surface area (TPSA) is 79.3 Å². The van der Waals surface area contributed by atoms with Gasteiger partial charge in [-0.2, -0.15) is 0 Å². The van der Waals surface area contributed by atoms with Crippen LogP contribution in [0.4, 0.5) is 5.69 Å². The highest BCUT2D eigenvalue weighted by Gasteiger charge is 2.10. The summed E-state index contributed by atoms with van der Waals surface area (Å²) in [6.45, 7) is 0. The van der Waals surface area contributed by atoms with E-state index >= 15 is 0 Å². The largest absolute Gasteiger partial charge is 0.477 e. The Balaban J connectivity index is 1.76. The summed E-state index contributed by atoms with van der Waals surface area (Å²) in [4.78, 5) is 27.2. The summed E-state index contributed by atoms with van der Waals surface area (Å²) in [5.41, 5.74) is 1.49. The summed E-state index contributed by atoms with van der Waals surface area (Å²) in [7, 11) is 0. The second kappa shape index (κ2) is 5.95. The number of carbonyl (C=O) groups is 2. The van der Waals surface area contributed by atoms with Crippen LogP contribution in [0, 0.1) is 0 Å². The van der Waals surface area contributed by atoms with E-state index in [1.54, 1.807) is 36.7 Å². The Bertz CT molecular complexity index is 843. The Morgan fingerprint density at radius 3 is 2.82 bits per heavy atom. The Labute approximate surface area is 130 Å². The molecule has 0 aliphatic carbocycles. The second-order valence-electron chi connectivity index (χ2n) is 4.75. The number of nitrogens with zero attached hydrogens (tertiary/aromatic N) is 1. The number of hydrogen-bond donors (Lipinski definition) is 2. The monoisotopic (exact) mass is 312 g/mol. The number of rotatable bonds is 4. The van der Waals surface area contributed by atoms with Crippen molar-refractivity contribution in [2.75, 3.05) is 5.32 Å². The van der Waals surface area contributed by atoms with Gasteiger partial charge in [0.25, 0.3) is 0 Å². The molecule has 110 valence electrons. The predicted octanol–water partition coefficient (Wildman–Crippen LogP) is 3.18. The lowest BCUT2D eigenvalue weighted by Crippen LogP contribution is -2.14. The molecule has 0 spiro atoms. The fraction of sp³-hybridized carbons (Fsp3) is 0.0625. The Morgan fingerprint density at radius 2 is 2.09 bits per heavy atom. The van der Waals surface area contributed by atoms with Crippen LogP contribution in [0.3, 0.4) is 0 Å². The van der Waals surface area contributed by atoms with Crippen LogP contribution in [0.25, 0.3) is 10.1 Å². The number of amides is 1. The maximum atomic E-state index is 12.0. The molecule has 0 aliphatic rings. The molecule has 0 saturated heterocycles. The molecule has 0 fully saturated rings. The zero-order chi connectivity index (χ0) is 15.5. The van der Waals surface area contributed by atoms with Gasteiger partial charge in [0, 0.05) is 22.8 Å². The fourth-order valence-electron chi connectivity index (χ4n) is 2.12. The first-order valence-corrected chi connectivity index (χ1v) is 7.39. The van der Waals surface area contributed by atoms with Gasteiger partial charge in [0.15, 0.2) is 0 Å². The summed E-state index contributed by atoms with van der Waals surface area (Å²) >= 11 is 1.22. The number of nitrogens with one attached hydrogen (secondary N) is 1. The maximum absolute atomic E-state index is 12.0. The summed E-state index contributed by atoms with van der Waals surface area (Å²) < 4.78 is 0.877. The lowest BCUT2D eigenvalue weighted by molar-refractivity contribution is -0.115. The molecule has 0 bridgehead atoms. The third kappa shape index (κ3) is 3.12. The number of pyridine rings is 1. The fourth-order valence-corrected chi connectivity index (χ4v) is 3.00. The molecule has 6 heteroatoms. The quantitative estimate of drug-likeness (QED) is 0.775. The summed E-state index contributed by atoms with van der Waals surface area (Å²) in [5, 5.41) is 12.6. The first kappa shape index (κ1) is 14.2. The van der Waals surface area contributed by atoms with Crippen LogP contribution < -0.4 is 5.32 Å². The van der Waals surface area contributed by atoms with Gasteiger partial charge < -0.3 is 10.4 Å². The van der Waals surface area contributed by atoms with E-state index in [2.05, 4.69) is 10.3 Å². The molecular formula is C16H12N2O3S. The summed E-state index contributed by atoms with van der Waals surface area (Å²) in [5.74, 6) is -1.08. The van der Waals surface area contributed by atoms with E-state index < -0.39 is 5.97 Å². The zero-order valence-electron chi connectivity index (χ0n) is 11.4. The van der Waals surface area contributed by atoms with Crippen molar-refractivity contribution < 1.29 is 14.7 Å². The van der Waals surface area contributed by atoms with Crippen LogP contribution in [0.1, 0.15) is 15.2 Å². The Morgan fingerprint density at radius 1 is 1.23 bits per heavy atom. The standard InChI is InChI=1S/C16H12N2O3S/c19-15(6-10-2-1-5-17-9-10)18-12-3-4-13-11(7-12)8-14(22-13)16(20)21/h1-5,7-9H,6H2,(H,18,19)(H,20,21). The van der Waals surface area contributed by atoms with Gasteiger partial charge in [0.05, 0.1) is 6.42 Å². The molecule has 1 amide bonds. The molecule has 0 atom stereocenters. The minimum atomic E-state index is -0.941. The number of hydrogen-bond acceptors (Lipinski definition) is 4. The average molecular weight is 312 g/mol. The van der Waals surface area contributed by atoms with Gasteiger partial charge in [-0.1, -0.05) is 6.07 Å². The molecule has 3 rings (SSSR count). The molecule has 3 aromatic rings. The number of carbonyl (C=O) groups excluding carboxylic acids is 1. The summed E-state index contributed by atoms with van der Waals surface area (Å²) in [6.07, 6.45) is 3.56. The van der Waals surface area contributed by atoms with Crippen molar-refractivity contribution in [1.29, 1.82) is 0 Å². The van der Waals surface area contributed by atoms with E-state index in [0.29, 0.717) is 5.69 Å². The van der Waals surface area contributed by atoms with Crippen molar-refractivity contribution in [2.45, 2.75) is 6.42 Å². The minimum Gasteiger partial charge on any atom is -0.477 e. The van der Waals surface area contributed by atoms with Gasteiger partial charge in [-0.3, -0.25) is 9.78 Å². The molecule has 2 heterocycles. The van der Waals surface area contributed by atoms with Gasteiger partial charge in [-0.05, 0) is 41.3 Å². The number of thiophene rings is 1. The SMILES string of the molecule is O=C(Cc1cccnc1)Nc1ccc2sc(C(=O)O)cc2c1. The van der Waals surface area contributed by atoms with Crippen LogP contribution in [-0.2, 0) is 11.2 Å². The van der Waals surface area contributed by atoms with Crippen molar-refractivity contribution in [1.82, 2.24) is 4.98 Å². The van der Waals surface area contributed by atoms with Crippen LogP contribution in [0.15, 0.2) is 48.8 Å². The smallest absolute Gasteiger partial charge is 0.345 e. The van der Waals surface area contributed by atoms with Crippen molar-refractivity contribution in [2.24, 2.45) is 0 Å². The van der Waals surface area contributed by atoms with E-state index in [1.165, 1.54) is 11.3 Å². The molecule has 0 radical (unpaired) electrons. The van der Waals surface area contributed by atoms with Crippen LogP contribution in [0.2, 0.25) is 0 Å². The predicted molar refractivity (Wildman–Crippen MR) is 85.4 cm³/mol. The number of carboxylic acids is 1.